The van der Waals surface area contributed by atoms with E-state index in [9.17, 15) is 14.7 Å². The summed E-state index contributed by atoms with van der Waals surface area (Å²) in [7, 11) is 0. The van der Waals surface area contributed by atoms with Crippen molar-refractivity contribution in [3.05, 3.63) is 70.7 Å². The number of nitrogens with zero attached hydrogens (tertiary/aromatic N) is 1. The Labute approximate surface area is 188 Å². The summed E-state index contributed by atoms with van der Waals surface area (Å²) in [6.07, 6.45) is 0.712. The van der Waals surface area contributed by atoms with Gasteiger partial charge >= 0.3 is 0 Å². The largest absolute Gasteiger partial charge is 0.387 e. The summed E-state index contributed by atoms with van der Waals surface area (Å²) in [6, 6.07) is 15.8. The fourth-order valence-corrected chi connectivity index (χ4v) is 4.01. The van der Waals surface area contributed by atoms with Gasteiger partial charge in [0.2, 0.25) is 5.91 Å². The summed E-state index contributed by atoms with van der Waals surface area (Å²) in [6.45, 7) is 5.15. The number of rotatable bonds is 8. The molecular formula is C24H30ClN3O3. The molecule has 1 saturated heterocycles. The minimum absolute atomic E-state index is 0.113. The lowest BCUT2D eigenvalue weighted by molar-refractivity contribution is -0.125. The highest BCUT2D eigenvalue weighted by molar-refractivity contribution is 6.31. The molecule has 3 N–H and O–H groups in total. The first-order valence-electron chi connectivity index (χ1n) is 10.6. The van der Waals surface area contributed by atoms with E-state index >= 15 is 0 Å². The second-order valence-corrected chi connectivity index (χ2v) is 8.95. The van der Waals surface area contributed by atoms with Crippen LogP contribution in [-0.4, -0.2) is 53.0 Å². The summed E-state index contributed by atoms with van der Waals surface area (Å²) in [5.41, 5.74) is 0.806. The molecule has 0 spiro atoms. The lowest BCUT2D eigenvalue weighted by Gasteiger charge is -2.30. The third kappa shape index (κ3) is 6.06. The van der Waals surface area contributed by atoms with Gasteiger partial charge in [0.05, 0.1) is 6.10 Å². The van der Waals surface area contributed by atoms with Crippen molar-refractivity contribution in [1.82, 2.24) is 15.5 Å². The minimum Gasteiger partial charge on any atom is -0.387 e. The van der Waals surface area contributed by atoms with Crippen molar-refractivity contribution in [2.24, 2.45) is 0 Å². The summed E-state index contributed by atoms with van der Waals surface area (Å²) in [4.78, 5) is 27.3. The van der Waals surface area contributed by atoms with Crippen molar-refractivity contribution in [2.75, 3.05) is 19.6 Å². The number of benzene rings is 2. The predicted molar refractivity (Wildman–Crippen MR) is 122 cm³/mol. The number of nitrogens with one attached hydrogen (secondary N) is 2. The highest BCUT2D eigenvalue weighted by Crippen LogP contribution is 2.23. The average Bonchev–Trinajstić information content (AvgIpc) is 3.26. The number of halogens is 1. The highest BCUT2D eigenvalue weighted by atomic mass is 35.5. The number of β-amino-alcohol motifs (C(OH)–C–C–N with tert-alkyl or cyclic N) is 1. The van der Waals surface area contributed by atoms with E-state index in [1.165, 1.54) is 0 Å². The van der Waals surface area contributed by atoms with Gasteiger partial charge in [0.15, 0.2) is 0 Å². The number of amides is 2. The van der Waals surface area contributed by atoms with Gasteiger partial charge in [-0.2, -0.15) is 0 Å². The van der Waals surface area contributed by atoms with Crippen LogP contribution < -0.4 is 10.6 Å². The Balaban J connectivity index is 1.52. The van der Waals surface area contributed by atoms with Gasteiger partial charge in [-0.1, -0.05) is 48.0 Å². The van der Waals surface area contributed by atoms with Crippen molar-refractivity contribution in [3.63, 3.8) is 0 Å². The van der Waals surface area contributed by atoms with Gasteiger partial charge in [-0.3, -0.25) is 9.59 Å². The van der Waals surface area contributed by atoms with Crippen LogP contribution >= 0.6 is 11.6 Å². The average molecular weight is 444 g/mol. The van der Waals surface area contributed by atoms with E-state index in [1.807, 2.05) is 44.2 Å². The quantitative estimate of drug-likeness (QED) is 0.585. The Hall–Kier alpha value is -2.41. The Morgan fingerprint density at radius 3 is 2.55 bits per heavy atom. The summed E-state index contributed by atoms with van der Waals surface area (Å²) in [5.74, 6) is -0.262. The molecule has 31 heavy (non-hydrogen) atoms. The molecule has 0 saturated carbocycles. The van der Waals surface area contributed by atoms with E-state index in [4.69, 9.17) is 11.6 Å². The van der Waals surface area contributed by atoms with Crippen LogP contribution in [0.25, 0.3) is 0 Å². The Kier molecular flexibility index (Phi) is 7.70. The zero-order valence-electron chi connectivity index (χ0n) is 18.0. The maximum atomic E-state index is 12.8. The number of aliphatic hydroxyl groups is 1. The minimum atomic E-state index is -0.752. The molecule has 2 aromatic carbocycles. The molecule has 7 heteroatoms. The number of hydrogen-bond donors (Lipinski definition) is 3. The van der Waals surface area contributed by atoms with Crippen molar-refractivity contribution in [1.29, 1.82) is 0 Å². The van der Waals surface area contributed by atoms with Gasteiger partial charge in [0, 0.05) is 41.3 Å². The molecule has 0 aromatic heterocycles. The summed E-state index contributed by atoms with van der Waals surface area (Å²) < 4.78 is 0. The molecule has 0 bridgehead atoms. The molecule has 6 nitrogen and oxygen atoms in total. The Morgan fingerprint density at radius 2 is 1.84 bits per heavy atom. The number of aliphatic hydroxyl groups excluding tert-OH is 1. The van der Waals surface area contributed by atoms with E-state index in [0.29, 0.717) is 42.2 Å². The SMILES string of the molecule is CC(C)(CNC(=O)C1CCCN1C(=O)c1ccccc1)NCC(O)c1ccccc1Cl. The molecule has 166 valence electrons. The molecule has 1 heterocycles. The molecule has 1 aliphatic rings. The second-order valence-electron chi connectivity index (χ2n) is 8.54. The van der Waals surface area contributed by atoms with Crippen LogP contribution in [0.15, 0.2) is 54.6 Å². The zero-order chi connectivity index (χ0) is 22.4. The number of likely N-dealkylation sites (tertiary alicyclic amines) is 1. The van der Waals surface area contributed by atoms with E-state index in [1.54, 1.807) is 29.2 Å². The van der Waals surface area contributed by atoms with Crippen LogP contribution in [0.4, 0.5) is 0 Å². The summed E-state index contributed by atoms with van der Waals surface area (Å²) >= 11 is 6.15. The van der Waals surface area contributed by atoms with Crippen LogP contribution in [0.5, 0.6) is 0 Å². The number of hydrogen-bond acceptors (Lipinski definition) is 4. The monoisotopic (exact) mass is 443 g/mol. The van der Waals surface area contributed by atoms with E-state index < -0.39 is 17.7 Å². The van der Waals surface area contributed by atoms with Crippen LogP contribution in [0.2, 0.25) is 5.02 Å². The normalized spacial score (nSPS) is 17.4. The van der Waals surface area contributed by atoms with E-state index in [0.717, 1.165) is 6.42 Å². The topological polar surface area (TPSA) is 81.7 Å². The van der Waals surface area contributed by atoms with Crippen LogP contribution in [0.3, 0.4) is 0 Å². The lowest BCUT2D eigenvalue weighted by Crippen LogP contribution is -2.53. The van der Waals surface area contributed by atoms with Gasteiger partial charge < -0.3 is 20.6 Å². The molecular weight excluding hydrogens is 414 g/mol. The Bertz CT molecular complexity index is 904. The standard InChI is InChI=1S/C24H30ClN3O3/c1-24(2,27-15-21(29)18-11-6-7-12-19(18)25)16-26-22(30)20-13-8-14-28(20)23(31)17-9-4-3-5-10-17/h3-7,9-12,20-21,27,29H,8,13-16H2,1-2H3,(H,26,30). The molecule has 2 unspecified atom stereocenters. The van der Waals surface area contributed by atoms with Crippen molar-refractivity contribution >= 4 is 23.4 Å². The number of carbonyl (C=O) groups is 2. The molecule has 1 aliphatic heterocycles. The molecule has 1 fully saturated rings. The van der Waals surface area contributed by atoms with Crippen LogP contribution in [-0.2, 0) is 4.79 Å². The fraction of sp³-hybridized carbons (Fsp3) is 0.417. The van der Waals surface area contributed by atoms with Gasteiger partial charge in [0.25, 0.3) is 5.91 Å². The number of carbonyl (C=O) groups excluding carboxylic acids is 2. The molecule has 2 aromatic rings. The van der Waals surface area contributed by atoms with Gasteiger partial charge in [0.1, 0.15) is 6.04 Å². The third-order valence-corrected chi connectivity index (χ3v) is 5.92. The zero-order valence-corrected chi connectivity index (χ0v) is 18.7. The predicted octanol–water partition coefficient (Wildman–Crippen LogP) is 3.16. The van der Waals surface area contributed by atoms with Crippen molar-refractivity contribution in [2.45, 2.75) is 44.4 Å². The molecule has 0 radical (unpaired) electrons. The van der Waals surface area contributed by atoms with Gasteiger partial charge in [-0.15, -0.1) is 0 Å². The van der Waals surface area contributed by atoms with Crippen molar-refractivity contribution < 1.29 is 14.7 Å². The molecule has 2 amide bonds. The van der Waals surface area contributed by atoms with E-state index in [-0.39, 0.29) is 11.8 Å². The molecule has 3 rings (SSSR count). The van der Waals surface area contributed by atoms with Crippen LogP contribution in [0.1, 0.15) is 48.7 Å². The first-order valence-corrected chi connectivity index (χ1v) is 11.0. The molecule has 0 aliphatic carbocycles. The van der Waals surface area contributed by atoms with Gasteiger partial charge in [-0.05, 0) is 44.9 Å². The lowest BCUT2D eigenvalue weighted by atomic mass is 10.0. The molecule has 2 atom stereocenters. The fourth-order valence-electron chi connectivity index (χ4n) is 3.75. The maximum Gasteiger partial charge on any atom is 0.254 e. The van der Waals surface area contributed by atoms with Crippen LogP contribution in [0, 0.1) is 0 Å². The summed E-state index contributed by atoms with van der Waals surface area (Å²) in [5, 5.41) is 17.2. The van der Waals surface area contributed by atoms with Gasteiger partial charge in [-0.25, -0.2) is 0 Å². The van der Waals surface area contributed by atoms with Crippen molar-refractivity contribution in [3.8, 4) is 0 Å². The smallest absolute Gasteiger partial charge is 0.254 e. The first-order chi connectivity index (χ1) is 14.8. The maximum absolute atomic E-state index is 12.8. The first kappa shape index (κ1) is 23.3. The highest BCUT2D eigenvalue weighted by Gasteiger charge is 2.35. The third-order valence-electron chi connectivity index (χ3n) is 5.58. The Morgan fingerprint density at radius 1 is 1.16 bits per heavy atom. The van der Waals surface area contributed by atoms with E-state index in [2.05, 4.69) is 10.6 Å². The second kappa shape index (κ2) is 10.3.